The van der Waals surface area contributed by atoms with Crippen LogP contribution in [-0.4, -0.2) is 78.9 Å². The number of halogens is 2. The Hall–Kier alpha value is -3.00. The van der Waals surface area contributed by atoms with Crippen LogP contribution in [0.5, 0.6) is 5.75 Å². The van der Waals surface area contributed by atoms with Gasteiger partial charge in [0.2, 0.25) is 5.91 Å². The maximum Gasteiger partial charge on any atom is 0.253 e. The number of nitrogens with zero attached hydrogens (tertiary/aromatic N) is 3. The standard InChI is InChI=1S/C25H29F2N3O3/c1-28-12-14-29(15-13-28)24(31)16-19-17-30(25(32)18-2-4-20(26)5-3-18)11-10-23(19)33-22-8-6-21(27)7-9-22/h2-9,19,23H,10-17H2,1H3/t19-,23-/m0/s1. The normalized spacial score (nSPS) is 21.7. The highest BCUT2D eigenvalue weighted by Gasteiger charge is 2.36. The fourth-order valence-corrected chi connectivity index (χ4v) is 4.42. The Morgan fingerprint density at radius 3 is 2.12 bits per heavy atom. The summed E-state index contributed by atoms with van der Waals surface area (Å²) in [6.07, 6.45) is 0.539. The number of likely N-dealkylation sites (N-methyl/N-ethyl adjacent to an activating group) is 1. The van der Waals surface area contributed by atoms with E-state index in [4.69, 9.17) is 4.74 Å². The molecule has 0 radical (unpaired) electrons. The number of benzene rings is 2. The van der Waals surface area contributed by atoms with Crippen molar-refractivity contribution in [3.63, 3.8) is 0 Å². The molecule has 2 atom stereocenters. The minimum absolute atomic E-state index is 0.0527. The molecule has 2 aromatic rings. The summed E-state index contributed by atoms with van der Waals surface area (Å²) in [5, 5.41) is 0. The lowest BCUT2D eigenvalue weighted by Crippen LogP contribution is -2.51. The van der Waals surface area contributed by atoms with E-state index < -0.39 is 5.82 Å². The summed E-state index contributed by atoms with van der Waals surface area (Å²) < 4.78 is 32.7. The average molecular weight is 458 g/mol. The van der Waals surface area contributed by atoms with Gasteiger partial charge < -0.3 is 19.4 Å². The molecule has 2 amide bonds. The molecule has 0 unspecified atom stereocenters. The molecule has 4 rings (SSSR count). The molecule has 0 saturated carbocycles. The Labute approximate surface area is 192 Å². The van der Waals surface area contributed by atoms with E-state index in [0.717, 1.165) is 13.1 Å². The van der Waals surface area contributed by atoms with Gasteiger partial charge in [-0.05, 0) is 55.6 Å². The molecule has 0 aliphatic carbocycles. The lowest BCUT2D eigenvalue weighted by atomic mass is 9.90. The van der Waals surface area contributed by atoms with Gasteiger partial charge in [-0.2, -0.15) is 0 Å². The molecule has 2 aliphatic heterocycles. The third-order valence-corrected chi connectivity index (χ3v) is 6.44. The van der Waals surface area contributed by atoms with Crippen molar-refractivity contribution in [2.24, 2.45) is 5.92 Å². The van der Waals surface area contributed by atoms with Crippen LogP contribution in [-0.2, 0) is 4.79 Å². The van der Waals surface area contributed by atoms with Gasteiger partial charge in [0.15, 0.2) is 0 Å². The third-order valence-electron chi connectivity index (χ3n) is 6.44. The maximum absolute atomic E-state index is 13.3. The molecule has 6 nitrogen and oxygen atoms in total. The molecule has 2 aromatic carbocycles. The Balaban J connectivity index is 1.47. The number of hydrogen-bond acceptors (Lipinski definition) is 4. The molecule has 2 aliphatic rings. The first-order valence-electron chi connectivity index (χ1n) is 11.3. The summed E-state index contributed by atoms with van der Waals surface area (Å²) in [4.78, 5) is 31.8. The van der Waals surface area contributed by atoms with Crippen LogP contribution >= 0.6 is 0 Å². The first kappa shape index (κ1) is 23.2. The van der Waals surface area contributed by atoms with Gasteiger partial charge in [-0.15, -0.1) is 0 Å². The van der Waals surface area contributed by atoms with E-state index in [1.807, 2.05) is 11.9 Å². The van der Waals surface area contributed by atoms with Crippen LogP contribution in [0.15, 0.2) is 48.5 Å². The van der Waals surface area contributed by atoms with Gasteiger partial charge in [-0.1, -0.05) is 0 Å². The van der Waals surface area contributed by atoms with Gasteiger partial charge in [0.05, 0.1) is 0 Å². The lowest BCUT2D eigenvalue weighted by molar-refractivity contribution is -0.135. The van der Waals surface area contributed by atoms with Crippen molar-refractivity contribution in [2.45, 2.75) is 18.9 Å². The monoisotopic (exact) mass is 457 g/mol. The highest BCUT2D eigenvalue weighted by molar-refractivity contribution is 5.94. The summed E-state index contributed by atoms with van der Waals surface area (Å²) >= 11 is 0. The summed E-state index contributed by atoms with van der Waals surface area (Å²) in [5.74, 6) is -0.543. The predicted octanol–water partition coefficient (Wildman–Crippen LogP) is 3.04. The second-order valence-corrected chi connectivity index (χ2v) is 8.81. The molecule has 0 spiro atoms. The van der Waals surface area contributed by atoms with Crippen LogP contribution in [0.25, 0.3) is 0 Å². The predicted molar refractivity (Wildman–Crippen MR) is 120 cm³/mol. The second kappa shape index (κ2) is 10.3. The molecule has 0 aromatic heterocycles. The van der Waals surface area contributed by atoms with Crippen LogP contribution < -0.4 is 4.74 Å². The van der Waals surface area contributed by atoms with Crippen LogP contribution in [0, 0.1) is 17.6 Å². The van der Waals surface area contributed by atoms with Crippen molar-refractivity contribution in [1.29, 1.82) is 0 Å². The summed E-state index contributed by atoms with van der Waals surface area (Å²) in [6, 6.07) is 11.3. The first-order valence-corrected chi connectivity index (χ1v) is 11.3. The SMILES string of the molecule is CN1CCN(C(=O)C[C@H]2CN(C(=O)c3ccc(F)cc3)CC[C@@H]2Oc2ccc(F)cc2)CC1. The summed E-state index contributed by atoms with van der Waals surface area (Å²) in [5.41, 5.74) is 0.415. The zero-order valence-corrected chi connectivity index (χ0v) is 18.8. The Morgan fingerprint density at radius 1 is 0.879 bits per heavy atom. The van der Waals surface area contributed by atoms with Gasteiger partial charge in [-0.3, -0.25) is 9.59 Å². The highest BCUT2D eigenvalue weighted by atomic mass is 19.1. The average Bonchev–Trinajstić information content (AvgIpc) is 2.82. The fraction of sp³-hybridized carbons (Fsp3) is 0.440. The number of likely N-dealkylation sites (tertiary alicyclic amines) is 1. The van der Waals surface area contributed by atoms with E-state index in [9.17, 15) is 18.4 Å². The molecular formula is C25H29F2N3O3. The Morgan fingerprint density at radius 2 is 1.48 bits per heavy atom. The third kappa shape index (κ3) is 5.87. The zero-order chi connectivity index (χ0) is 23.4. The summed E-state index contributed by atoms with van der Waals surface area (Å²) in [7, 11) is 2.04. The number of hydrogen-bond donors (Lipinski definition) is 0. The molecule has 0 bridgehead atoms. The molecule has 8 heteroatoms. The molecule has 2 heterocycles. The van der Waals surface area contributed by atoms with E-state index in [0.29, 0.717) is 43.9 Å². The molecule has 33 heavy (non-hydrogen) atoms. The van der Waals surface area contributed by atoms with Crippen molar-refractivity contribution in [1.82, 2.24) is 14.7 Å². The van der Waals surface area contributed by atoms with Crippen molar-refractivity contribution in [3.8, 4) is 5.75 Å². The smallest absolute Gasteiger partial charge is 0.253 e. The number of rotatable bonds is 5. The quantitative estimate of drug-likeness (QED) is 0.693. The zero-order valence-electron chi connectivity index (χ0n) is 18.8. The fourth-order valence-electron chi connectivity index (χ4n) is 4.42. The van der Waals surface area contributed by atoms with Crippen LogP contribution in [0.4, 0.5) is 8.78 Å². The highest BCUT2D eigenvalue weighted by Crippen LogP contribution is 2.28. The Bertz CT molecular complexity index is 960. The van der Waals surface area contributed by atoms with Gasteiger partial charge in [0.1, 0.15) is 23.5 Å². The second-order valence-electron chi connectivity index (χ2n) is 8.81. The van der Waals surface area contributed by atoms with E-state index in [2.05, 4.69) is 4.90 Å². The van der Waals surface area contributed by atoms with Gasteiger partial charge in [0.25, 0.3) is 5.91 Å². The molecule has 0 N–H and O–H groups in total. The van der Waals surface area contributed by atoms with Crippen molar-refractivity contribution < 1.29 is 23.1 Å². The lowest BCUT2D eigenvalue weighted by Gasteiger charge is -2.40. The minimum Gasteiger partial charge on any atom is -0.490 e. The number of ether oxygens (including phenoxy) is 1. The van der Waals surface area contributed by atoms with Gasteiger partial charge in [0, 0.05) is 63.6 Å². The van der Waals surface area contributed by atoms with Gasteiger partial charge >= 0.3 is 0 Å². The van der Waals surface area contributed by atoms with Crippen molar-refractivity contribution in [3.05, 3.63) is 65.7 Å². The Kier molecular flexibility index (Phi) is 7.23. The largest absolute Gasteiger partial charge is 0.490 e. The van der Waals surface area contributed by atoms with E-state index in [1.165, 1.54) is 36.4 Å². The molecule has 176 valence electrons. The first-order chi connectivity index (χ1) is 15.9. The number of piperidine rings is 1. The molecular weight excluding hydrogens is 428 g/mol. The van der Waals surface area contributed by atoms with Crippen LogP contribution in [0.3, 0.4) is 0 Å². The maximum atomic E-state index is 13.3. The van der Waals surface area contributed by atoms with Crippen LogP contribution in [0.2, 0.25) is 0 Å². The number of piperazine rings is 1. The van der Waals surface area contributed by atoms with E-state index in [1.54, 1.807) is 17.0 Å². The number of carbonyl (C=O) groups excluding carboxylic acids is 2. The summed E-state index contributed by atoms with van der Waals surface area (Å²) in [6.45, 7) is 3.86. The molecule has 2 saturated heterocycles. The molecule has 2 fully saturated rings. The van der Waals surface area contributed by atoms with E-state index in [-0.39, 0.29) is 36.1 Å². The van der Waals surface area contributed by atoms with Crippen LogP contribution in [0.1, 0.15) is 23.2 Å². The topological polar surface area (TPSA) is 53.1 Å². The minimum atomic E-state index is -0.395. The van der Waals surface area contributed by atoms with E-state index >= 15 is 0 Å². The number of carbonyl (C=O) groups is 2. The van der Waals surface area contributed by atoms with Crippen molar-refractivity contribution in [2.75, 3.05) is 46.3 Å². The van der Waals surface area contributed by atoms with Gasteiger partial charge in [-0.25, -0.2) is 8.78 Å². The number of amides is 2. The van der Waals surface area contributed by atoms with Crippen molar-refractivity contribution >= 4 is 11.8 Å².